The second-order valence-electron chi connectivity index (χ2n) is 4.39. The Labute approximate surface area is 106 Å². The highest BCUT2D eigenvalue weighted by Gasteiger charge is 2.16. The highest BCUT2D eigenvalue weighted by Crippen LogP contribution is 2.22. The SMILES string of the molecule is CC(C)Oc1ccccc1C(=O)c1cnn(C)c1. The van der Waals surface area contributed by atoms with Crippen LogP contribution in [0, 0.1) is 0 Å². The van der Waals surface area contributed by atoms with Crippen LogP contribution in [0.1, 0.15) is 29.8 Å². The van der Waals surface area contributed by atoms with Crippen molar-refractivity contribution in [1.29, 1.82) is 0 Å². The number of rotatable bonds is 4. The molecule has 0 amide bonds. The summed E-state index contributed by atoms with van der Waals surface area (Å²) in [5.41, 5.74) is 1.14. The number of hydrogen-bond donors (Lipinski definition) is 0. The lowest BCUT2D eigenvalue weighted by molar-refractivity contribution is 0.103. The molecule has 0 spiro atoms. The molecule has 0 unspecified atom stereocenters. The van der Waals surface area contributed by atoms with Crippen LogP contribution in [0.5, 0.6) is 5.75 Å². The molecule has 0 N–H and O–H groups in total. The van der Waals surface area contributed by atoms with Crippen molar-refractivity contribution in [3.8, 4) is 5.75 Å². The van der Waals surface area contributed by atoms with Crippen molar-refractivity contribution in [3.05, 3.63) is 47.8 Å². The summed E-state index contributed by atoms with van der Waals surface area (Å²) < 4.78 is 7.26. The summed E-state index contributed by atoms with van der Waals surface area (Å²) in [5, 5.41) is 4.01. The first-order valence-electron chi connectivity index (χ1n) is 5.87. The van der Waals surface area contributed by atoms with E-state index in [0.717, 1.165) is 0 Å². The van der Waals surface area contributed by atoms with Crippen molar-refractivity contribution in [3.63, 3.8) is 0 Å². The fraction of sp³-hybridized carbons (Fsp3) is 0.286. The van der Waals surface area contributed by atoms with Gasteiger partial charge in [-0.15, -0.1) is 0 Å². The van der Waals surface area contributed by atoms with Crippen molar-refractivity contribution < 1.29 is 9.53 Å². The maximum Gasteiger partial charge on any atom is 0.199 e. The van der Waals surface area contributed by atoms with Crippen LogP contribution in [0.25, 0.3) is 0 Å². The number of carbonyl (C=O) groups is 1. The van der Waals surface area contributed by atoms with Gasteiger partial charge in [0.1, 0.15) is 5.75 Å². The van der Waals surface area contributed by atoms with Gasteiger partial charge in [0.2, 0.25) is 0 Å². The minimum atomic E-state index is -0.0700. The van der Waals surface area contributed by atoms with Gasteiger partial charge >= 0.3 is 0 Å². The third kappa shape index (κ3) is 2.59. The predicted molar refractivity (Wildman–Crippen MR) is 68.8 cm³/mol. The molecule has 1 heterocycles. The molecule has 0 saturated carbocycles. The summed E-state index contributed by atoms with van der Waals surface area (Å²) in [4.78, 5) is 12.3. The van der Waals surface area contributed by atoms with Gasteiger partial charge in [-0.25, -0.2) is 0 Å². The number of para-hydroxylation sites is 1. The Kier molecular flexibility index (Phi) is 3.46. The lowest BCUT2D eigenvalue weighted by atomic mass is 10.1. The van der Waals surface area contributed by atoms with Crippen molar-refractivity contribution in [2.75, 3.05) is 0 Å². The van der Waals surface area contributed by atoms with E-state index in [2.05, 4.69) is 5.10 Å². The molecule has 0 saturated heterocycles. The van der Waals surface area contributed by atoms with Crippen LogP contribution in [0.3, 0.4) is 0 Å². The molecule has 4 nitrogen and oxygen atoms in total. The fourth-order valence-corrected chi connectivity index (χ4v) is 1.70. The quantitative estimate of drug-likeness (QED) is 0.776. The van der Waals surface area contributed by atoms with E-state index in [1.54, 1.807) is 30.2 Å². The highest BCUT2D eigenvalue weighted by molar-refractivity contribution is 6.10. The van der Waals surface area contributed by atoms with Crippen LogP contribution >= 0.6 is 0 Å². The molecule has 2 rings (SSSR count). The van der Waals surface area contributed by atoms with Crippen LogP contribution < -0.4 is 4.74 Å². The molecule has 0 atom stereocenters. The first-order valence-corrected chi connectivity index (χ1v) is 5.87. The van der Waals surface area contributed by atoms with Crippen molar-refractivity contribution in [1.82, 2.24) is 9.78 Å². The molecular weight excluding hydrogens is 228 g/mol. The third-order valence-corrected chi connectivity index (χ3v) is 2.46. The van der Waals surface area contributed by atoms with E-state index in [1.807, 2.05) is 32.0 Å². The van der Waals surface area contributed by atoms with E-state index >= 15 is 0 Å². The summed E-state index contributed by atoms with van der Waals surface area (Å²) >= 11 is 0. The number of carbonyl (C=O) groups excluding carboxylic acids is 1. The Hall–Kier alpha value is -2.10. The topological polar surface area (TPSA) is 44.1 Å². The summed E-state index contributed by atoms with van der Waals surface area (Å²) in [6, 6.07) is 7.27. The molecule has 0 bridgehead atoms. The molecule has 1 aromatic carbocycles. The standard InChI is InChI=1S/C14H16N2O2/c1-10(2)18-13-7-5-4-6-12(13)14(17)11-8-15-16(3)9-11/h4-10H,1-3H3. The van der Waals surface area contributed by atoms with E-state index < -0.39 is 0 Å². The highest BCUT2D eigenvalue weighted by atomic mass is 16.5. The van der Waals surface area contributed by atoms with Gasteiger partial charge in [0, 0.05) is 13.2 Å². The maximum absolute atomic E-state index is 12.3. The number of nitrogens with zero attached hydrogens (tertiary/aromatic N) is 2. The number of hydrogen-bond acceptors (Lipinski definition) is 3. The zero-order valence-corrected chi connectivity index (χ0v) is 10.8. The number of ketones is 1. The predicted octanol–water partition coefficient (Wildman–Crippen LogP) is 2.44. The van der Waals surface area contributed by atoms with Gasteiger partial charge < -0.3 is 4.74 Å². The molecular formula is C14H16N2O2. The Morgan fingerprint density at radius 3 is 2.67 bits per heavy atom. The molecule has 2 aromatic rings. The largest absolute Gasteiger partial charge is 0.490 e. The van der Waals surface area contributed by atoms with Crippen molar-refractivity contribution >= 4 is 5.78 Å². The fourth-order valence-electron chi connectivity index (χ4n) is 1.70. The minimum Gasteiger partial charge on any atom is -0.490 e. The first kappa shape index (κ1) is 12.4. The average molecular weight is 244 g/mol. The number of aryl methyl sites for hydroxylation is 1. The summed E-state index contributed by atoms with van der Waals surface area (Å²) in [5.74, 6) is 0.542. The second-order valence-corrected chi connectivity index (χ2v) is 4.39. The van der Waals surface area contributed by atoms with Crippen molar-refractivity contribution in [2.45, 2.75) is 20.0 Å². The second kappa shape index (κ2) is 5.04. The molecule has 0 aliphatic rings. The van der Waals surface area contributed by atoms with Gasteiger partial charge in [-0.1, -0.05) is 12.1 Å². The Balaban J connectivity index is 2.35. The van der Waals surface area contributed by atoms with Gasteiger partial charge in [0.05, 0.1) is 23.4 Å². The number of ether oxygens (including phenoxy) is 1. The molecule has 0 fully saturated rings. The van der Waals surface area contributed by atoms with Crippen LogP contribution in [0.4, 0.5) is 0 Å². The van der Waals surface area contributed by atoms with Crippen LogP contribution in [-0.4, -0.2) is 21.7 Å². The molecule has 18 heavy (non-hydrogen) atoms. The summed E-state index contributed by atoms with van der Waals surface area (Å²) in [7, 11) is 1.79. The average Bonchev–Trinajstić information content (AvgIpc) is 2.75. The monoisotopic (exact) mass is 244 g/mol. The minimum absolute atomic E-state index is 0.0350. The number of aromatic nitrogens is 2. The van der Waals surface area contributed by atoms with Gasteiger partial charge in [-0.3, -0.25) is 9.48 Å². The Morgan fingerprint density at radius 1 is 1.33 bits per heavy atom. The Bertz CT molecular complexity index is 558. The lowest BCUT2D eigenvalue weighted by Crippen LogP contribution is -2.10. The Morgan fingerprint density at radius 2 is 2.06 bits per heavy atom. The molecule has 94 valence electrons. The van der Waals surface area contributed by atoms with Crippen LogP contribution in [-0.2, 0) is 7.05 Å². The number of benzene rings is 1. The molecule has 0 aliphatic heterocycles. The smallest absolute Gasteiger partial charge is 0.199 e. The van der Waals surface area contributed by atoms with Gasteiger partial charge in [0.15, 0.2) is 5.78 Å². The lowest BCUT2D eigenvalue weighted by Gasteiger charge is -2.12. The van der Waals surface area contributed by atoms with Crippen LogP contribution in [0.15, 0.2) is 36.7 Å². The van der Waals surface area contributed by atoms with Gasteiger partial charge in [0.25, 0.3) is 0 Å². The summed E-state index contributed by atoms with van der Waals surface area (Å²) in [6.07, 6.45) is 3.30. The van der Waals surface area contributed by atoms with E-state index in [-0.39, 0.29) is 11.9 Å². The van der Waals surface area contributed by atoms with Gasteiger partial charge in [-0.05, 0) is 26.0 Å². The van der Waals surface area contributed by atoms with E-state index in [4.69, 9.17) is 4.74 Å². The molecule has 0 aliphatic carbocycles. The normalized spacial score (nSPS) is 10.7. The summed E-state index contributed by atoms with van der Waals surface area (Å²) in [6.45, 7) is 3.87. The van der Waals surface area contributed by atoms with Crippen molar-refractivity contribution in [2.24, 2.45) is 7.05 Å². The first-order chi connectivity index (χ1) is 8.58. The molecule has 1 aromatic heterocycles. The maximum atomic E-state index is 12.3. The van der Waals surface area contributed by atoms with Gasteiger partial charge in [-0.2, -0.15) is 5.10 Å². The zero-order chi connectivity index (χ0) is 13.1. The zero-order valence-electron chi connectivity index (χ0n) is 10.8. The van der Waals surface area contributed by atoms with E-state index in [1.165, 1.54) is 0 Å². The van der Waals surface area contributed by atoms with E-state index in [9.17, 15) is 4.79 Å². The molecule has 4 heteroatoms. The third-order valence-electron chi connectivity index (χ3n) is 2.46. The van der Waals surface area contributed by atoms with Crippen LogP contribution in [0.2, 0.25) is 0 Å². The van der Waals surface area contributed by atoms with E-state index in [0.29, 0.717) is 16.9 Å². The molecule has 0 radical (unpaired) electrons.